The van der Waals surface area contributed by atoms with Gasteiger partial charge in [0, 0.05) is 10.7 Å². The highest BCUT2D eigenvalue weighted by Crippen LogP contribution is 2.29. The fourth-order valence-corrected chi connectivity index (χ4v) is 5.37. The lowest BCUT2D eigenvalue weighted by atomic mass is 9.80. The molecule has 0 fully saturated rings. The Bertz CT molecular complexity index is 1310. The van der Waals surface area contributed by atoms with Gasteiger partial charge in [-0.1, -0.05) is 80.0 Å². The Morgan fingerprint density at radius 2 is 1.60 bits per heavy atom. The predicted molar refractivity (Wildman–Crippen MR) is 142 cm³/mol. The molecule has 0 heterocycles. The molecule has 1 amide bonds. The topological polar surface area (TPSA) is 78.8 Å². The van der Waals surface area contributed by atoms with Crippen molar-refractivity contribution < 1.29 is 13.2 Å². The summed E-state index contributed by atoms with van der Waals surface area (Å²) in [6, 6.07) is 22.9. The first-order valence-electron chi connectivity index (χ1n) is 11.2. The molecule has 6 nitrogen and oxygen atoms in total. The number of halogens is 1. The number of aryl methyl sites for hydroxylation is 1. The zero-order chi connectivity index (χ0) is 25.6. The average Bonchev–Trinajstić information content (AvgIpc) is 2.84. The lowest BCUT2D eigenvalue weighted by Crippen LogP contribution is -2.39. The molecule has 8 heteroatoms. The molecule has 0 atom stereocenters. The number of hydrogen-bond donors (Lipinski definition) is 1. The number of benzene rings is 3. The lowest BCUT2D eigenvalue weighted by Gasteiger charge is -2.25. The van der Waals surface area contributed by atoms with Gasteiger partial charge in [-0.2, -0.15) is 5.10 Å². The molecule has 0 aliphatic carbocycles. The predicted octanol–water partition coefficient (Wildman–Crippen LogP) is 5.70. The van der Waals surface area contributed by atoms with Crippen LogP contribution in [0.3, 0.4) is 0 Å². The van der Waals surface area contributed by atoms with E-state index in [-0.39, 0.29) is 10.3 Å². The van der Waals surface area contributed by atoms with Crippen LogP contribution in [0.1, 0.15) is 38.3 Å². The fourth-order valence-electron chi connectivity index (χ4n) is 3.77. The Morgan fingerprint density at radius 3 is 2.20 bits per heavy atom. The Hall–Kier alpha value is -3.16. The van der Waals surface area contributed by atoms with Crippen molar-refractivity contribution in [2.75, 3.05) is 10.8 Å². The number of sulfonamides is 1. The van der Waals surface area contributed by atoms with E-state index in [1.165, 1.54) is 12.1 Å². The summed E-state index contributed by atoms with van der Waals surface area (Å²) in [5.41, 5.74) is 5.33. The van der Waals surface area contributed by atoms with Crippen LogP contribution in [0.4, 0.5) is 5.69 Å². The quantitative estimate of drug-likeness (QED) is 0.295. The van der Waals surface area contributed by atoms with Gasteiger partial charge in [0.25, 0.3) is 15.9 Å². The normalized spacial score (nSPS) is 12.3. The molecule has 3 rings (SSSR count). The van der Waals surface area contributed by atoms with Gasteiger partial charge < -0.3 is 0 Å². The Labute approximate surface area is 212 Å². The maximum absolute atomic E-state index is 13.4. The van der Waals surface area contributed by atoms with Crippen molar-refractivity contribution in [3.63, 3.8) is 0 Å². The molecule has 0 spiro atoms. The molecule has 3 aromatic rings. The Kier molecular flexibility index (Phi) is 8.35. The molecule has 0 aliphatic heterocycles. The number of hydrazone groups is 1. The number of nitrogens with zero attached hydrogens (tertiary/aromatic N) is 2. The van der Waals surface area contributed by atoms with Crippen LogP contribution in [-0.2, 0) is 20.2 Å². The summed E-state index contributed by atoms with van der Waals surface area (Å²) in [5, 5.41) is 4.65. The molecule has 1 N–H and O–H groups in total. The van der Waals surface area contributed by atoms with Gasteiger partial charge in [-0.3, -0.25) is 9.10 Å². The third-order valence-corrected chi connectivity index (χ3v) is 7.88. The number of hydrogen-bond acceptors (Lipinski definition) is 4. The number of carbonyl (C=O) groups is 1. The van der Waals surface area contributed by atoms with Crippen LogP contribution in [0.15, 0.2) is 88.9 Å². The second kappa shape index (κ2) is 11.1. The van der Waals surface area contributed by atoms with Gasteiger partial charge in [0.15, 0.2) is 0 Å². The first-order valence-corrected chi connectivity index (χ1v) is 13.0. The Morgan fingerprint density at radius 1 is 1.00 bits per heavy atom. The number of nitrogens with one attached hydrogen (secondary N) is 1. The minimum atomic E-state index is -4.02. The van der Waals surface area contributed by atoms with Crippen molar-refractivity contribution in [1.82, 2.24) is 5.43 Å². The highest BCUT2D eigenvalue weighted by atomic mass is 35.5. The average molecular weight is 512 g/mol. The summed E-state index contributed by atoms with van der Waals surface area (Å²) in [7, 11) is -4.02. The summed E-state index contributed by atoms with van der Waals surface area (Å²) < 4.78 is 27.9. The van der Waals surface area contributed by atoms with E-state index in [1.807, 2.05) is 32.0 Å². The number of rotatable bonds is 9. The van der Waals surface area contributed by atoms with Crippen molar-refractivity contribution in [3.8, 4) is 0 Å². The summed E-state index contributed by atoms with van der Waals surface area (Å²) in [5.74, 6) is -0.557. The largest absolute Gasteiger partial charge is 0.271 e. The molecule has 35 heavy (non-hydrogen) atoms. The molecule has 0 radical (unpaired) electrons. The fraction of sp³-hybridized carbons (Fsp3) is 0.259. The molecule has 0 saturated carbocycles. The van der Waals surface area contributed by atoms with Gasteiger partial charge >= 0.3 is 0 Å². The van der Waals surface area contributed by atoms with Gasteiger partial charge in [-0.15, -0.1) is 0 Å². The summed E-state index contributed by atoms with van der Waals surface area (Å²) in [4.78, 5) is 12.9. The van der Waals surface area contributed by atoms with Crippen LogP contribution in [0.25, 0.3) is 0 Å². The molecule has 0 aromatic heterocycles. The standard InChI is InChI=1S/C27H30ClN3O3S/c1-20-15-16-23(17-25(20)28)31(35(33,34)24-13-9-6-10-14-24)19-26(32)30-29-21(2)18-27(3,4)22-11-7-5-8-12-22/h5-17H,18-19H2,1-4H3,(H,30,32)/b29-21-. The molecular formula is C27H30ClN3O3S. The Balaban J connectivity index is 1.81. The van der Waals surface area contributed by atoms with E-state index in [4.69, 9.17) is 11.6 Å². The maximum atomic E-state index is 13.4. The summed E-state index contributed by atoms with van der Waals surface area (Å²) in [6.07, 6.45) is 0.622. The van der Waals surface area contributed by atoms with Crippen molar-refractivity contribution in [1.29, 1.82) is 0 Å². The van der Waals surface area contributed by atoms with Crippen molar-refractivity contribution >= 4 is 38.9 Å². The van der Waals surface area contributed by atoms with E-state index in [9.17, 15) is 13.2 Å². The van der Waals surface area contributed by atoms with Crippen LogP contribution in [0.2, 0.25) is 5.02 Å². The second-order valence-electron chi connectivity index (χ2n) is 9.07. The van der Waals surface area contributed by atoms with Crippen LogP contribution in [-0.4, -0.2) is 26.6 Å². The number of anilines is 1. The van der Waals surface area contributed by atoms with Gasteiger partial charge in [0.05, 0.1) is 10.6 Å². The van der Waals surface area contributed by atoms with E-state index in [0.29, 0.717) is 17.1 Å². The van der Waals surface area contributed by atoms with Crippen LogP contribution in [0, 0.1) is 6.92 Å². The number of amides is 1. The maximum Gasteiger partial charge on any atom is 0.264 e. The first-order chi connectivity index (χ1) is 16.5. The van der Waals surface area contributed by atoms with Gasteiger partial charge in [0.1, 0.15) is 6.54 Å². The van der Waals surface area contributed by atoms with Gasteiger partial charge in [-0.05, 0) is 61.1 Å². The molecule has 3 aromatic carbocycles. The lowest BCUT2D eigenvalue weighted by molar-refractivity contribution is -0.119. The van der Waals surface area contributed by atoms with Crippen molar-refractivity contribution in [3.05, 3.63) is 95.0 Å². The monoisotopic (exact) mass is 511 g/mol. The van der Waals surface area contributed by atoms with Crippen molar-refractivity contribution in [2.24, 2.45) is 5.10 Å². The smallest absolute Gasteiger partial charge is 0.264 e. The zero-order valence-electron chi connectivity index (χ0n) is 20.3. The third-order valence-electron chi connectivity index (χ3n) is 5.69. The van der Waals surface area contributed by atoms with E-state index in [2.05, 4.69) is 36.5 Å². The van der Waals surface area contributed by atoms with E-state index >= 15 is 0 Å². The van der Waals surface area contributed by atoms with Crippen LogP contribution >= 0.6 is 11.6 Å². The first kappa shape index (κ1) is 26.4. The summed E-state index contributed by atoms with van der Waals surface area (Å²) >= 11 is 6.26. The molecular weight excluding hydrogens is 482 g/mol. The number of carbonyl (C=O) groups excluding carboxylic acids is 1. The minimum Gasteiger partial charge on any atom is -0.271 e. The zero-order valence-corrected chi connectivity index (χ0v) is 21.9. The van der Waals surface area contributed by atoms with E-state index in [0.717, 1.165) is 21.1 Å². The van der Waals surface area contributed by atoms with E-state index < -0.39 is 22.5 Å². The van der Waals surface area contributed by atoms with Crippen LogP contribution in [0.5, 0.6) is 0 Å². The van der Waals surface area contributed by atoms with Gasteiger partial charge in [-0.25, -0.2) is 13.8 Å². The SMILES string of the molecule is C/C(CC(C)(C)c1ccccc1)=N/NC(=O)CN(c1ccc(C)c(Cl)c1)S(=O)(=O)c1ccccc1. The summed E-state index contributed by atoms with van der Waals surface area (Å²) in [6.45, 7) is 7.43. The highest BCUT2D eigenvalue weighted by molar-refractivity contribution is 7.92. The minimum absolute atomic E-state index is 0.0776. The van der Waals surface area contributed by atoms with E-state index in [1.54, 1.807) is 36.4 Å². The molecule has 0 bridgehead atoms. The molecule has 0 aliphatic rings. The third kappa shape index (κ3) is 6.71. The second-order valence-corrected chi connectivity index (χ2v) is 11.3. The molecule has 184 valence electrons. The molecule has 0 unspecified atom stereocenters. The van der Waals surface area contributed by atoms with Gasteiger partial charge in [0.2, 0.25) is 0 Å². The van der Waals surface area contributed by atoms with Crippen LogP contribution < -0.4 is 9.73 Å². The molecule has 0 saturated heterocycles. The highest BCUT2D eigenvalue weighted by Gasteiger charge is 2.28. The van der Waals surface area contributed by atoms with Crippen molar-refractivity contribution in [2.45, 2.75) is 44.4 Å².